The van der Waals surface area contributed by atoms with Crippen LogP contribution in [0.25, 0.3) is 0 Å². The molecule has 1 aromatic rings. The van der Waals surface area contributed by atoms with Crippen molar-refractivity contribution in [1.29, 1.82) is 0 Å². The molecular formula is C14H26N4O2S. The van der Waals surface area contributed by atoms with Crippen LogP contribution < -0.4 is 5.32 Å². The third-order valence-corrected chi connectivity index (χ3v) is 5.98. The van der Waals surface area contributed by atoms with E-state index >= 15 is 0 Å². The van der Waals surface area contributed by atoms with Gasteiger partial charge in [-0.25, -0.2) is 8.42 Å². The molecule has 0 unspecified atom stereocenters. The second kappa shape index (κ2) is 7.38. The van der Waals surface area contributed by atoms with Gasteiger partial charge < -0.3 is 5.32 Å². The maximum Gasteiger partial charge on any atom is 0.246 e. The molecule has 2 rings (SSSR count). The fourth-order valence-electron chi connectivity index (χ4n) is 2.77. The minimum atomic E-state index is -3.40. The summed E-state index contributed by atoms with van der Waals surface area (Å²) in [6, 6.07) is 0.145. The summed E-state index contributed by atoms with van der Waals surface area (Å²) in [7, 11) is -1.71. The number of rotatable bonds is 8. The first-order chi connectivity index (χ1) is 10.1. The van der Waals surface area contributed by atoms with Gasteiger partial charge in [0.05, 0.1) is 6.20 Å². The minimum Gasteiger partial charge on any atom is -0.317 e. The Balaban J connectivity index is 1.98. The van der Waals surface area contributed by atoms with E-state index in [1.165, 1.54) is 10.5 Å². The lowest BCUT2D eigenvalue weighted by atomic mass is 10.3. The molecular weight excluding hydrogens is 288 g/mol. The fourth-order valence-corrected chi connectivity index (χ4v) is 4.14. The van der Waals surface area contributed by atoms with Crippen molar-refractivity contribution in [1.82, 2.24) is 19.4 Å². The van der Waals surface area contributed by atoms with E-state index in [4.69, 9.17) is 0 Å². The van der Waals surface area contributed by atoms with Gasteiger partial charge in [-0.2, -0.15) is 9.40 Å². The zero-order chi connectivity index (χ0) is 15.3. The van der Waals surface area contributed by atoms with E-state index in [0.29, 0.717) is 4.90 Å². The van der Waals surface area contributed by atoms with E-state index in [9.17, 15) is 8.42 Å². The second-order valence-corrected chi connectivity index (χ2v) is 7.60. The second-order valence-electron chi connectivity index (χ2n) is 5.61. The van der Waals surface area contributed by atoms with Crippen molar-refractivity contribution in [2.45, 2.75) is 56.5 Å². The highest BCUT2D eigenvalue weighted by molar-refractivity contribution is 7.89. The highest BCUT2D eigenvalue weighted by Gasteiger charge is 2.30. The van der Waals surface area contributed by atoms with Crippen LogP contribution in [-0.2, 0) is 16.6 Å². The van der Waals surface area contributed by atoms with Crippen molar-refractivity contribution >= 4 is 10.0 Å². The highest BCUT2D eigenvalue weighted by Crippen LogP contribution is 2.26. The highest BCUT2D eigenvalue weighted by atomic mass is 32.2. The van der Waals surface area contributed by atoms with Gasteiger partial charge >= 0.3 is 0 Å². The maximum absolute atomic E-state index is 12.6. The summed E-state index contributed by atoms with van der Waals surface area (Å²) in [4.78, 5) is 0.306. The summed E-state index contributed by atoms with van der Waals surface area (Å²) < 4.78 is 28.4. The third-order valence-electron chi connectivity index (χ3n) is 4.12. The van der Waals surface area contributed by atoms with Crippen LogP contribution in [0.15, 0.2) is 17.3 Å². The molecule has 21 heavy (non-hydrogen) atoms. The summed E-state index contributed by atoms with van der Waals surface area (Å²) in [5, 5.41) is 7.42. The molecule has 0 spiro atoms. The van der Waals surface area contributed by atoms with E-state index in [1.807, 2.05) is 0 Å². The van der Waals surface area contributed by atoms with Crippen molar-refractivity contribution in [3.05, 3.63) is 12.4 Å². The number of sulfonamides is 1. The molecule has 0 aromatic carbocycles. The first-order valence-corrected chi connectivity index (χ1v) is 9.21. The summed E-state index contributed by atoms with van der Waals surface area (Å²) in [6.07, 6.45) is 8.22. The molecule has 0 bridgehead atoms. The summed E-state index contributed by atoms with van der Waals surface area (Å²) in [5.41, 5.74) is 0. The SMILES string of the molecule is CCNCCCn1cc(S(=O)(=O)N(C)C2CCCC2)cn1. The van der Waals surface area contributed by atoms with E-state index in [1.54, 1.807) is 17.9 Å². The molecule has 1 saturated carbocycles. The molecule has 1 N–H and O–H groups in total. The van der Waals surface area contributed by atoms with Crippen molar-refractivity contribution in [2.75, 3.05) is 20.1 Å². The van der Waals surface area contributed by atoms with Gasteiger partial charge in [-0.3, -0.25) is 4.68 Å². The third kappa shape index (κ3) is 4.05. The van der Waals surface area contributed by atoms with Crippen LogP contribution in [0.1, 0.15) is 39.0 Å². The Hall–Kier alpha value is -0.920. The van der Waals surface area contributed by atoms with Gasteiger partial charge in [0, 0.05) is 25.8 Å². The average molecular weight is 314 g/mol. The van der Waals surface area contributed by atoms with Crippen LogP contribution in [0.3, 0.4) is 0 Å². The van der Waals surface area contributed by atoms with Gasteiger partial charge in [-0.1, -0.05) is 19.8 Å². The van der Waals surface area contributed by atoms with Crippen LogP contribution in [-0.4, -0.2) is 48.7 Å². The first-order valence-electron chi connectivity index (χ1n) is 7.77. The lowest BCUT2D eigenvalue weighted by Crippen LogP contribution is -2.35. The molecule has 7 heteroatoms. The topological polar surface area (TPSA) is 67.2 Å². The van der Waals surface area contributed by atoms with Gasteiger partial charge in [-0.05, 0) is 32.4 Å². The molecule has 1 heterocycles. The number of aryl methyl sites for hydroxylation is 1. The van der Waals surface area contributed by atoms with Crippen molar-refractivity contribution in [2.24, 2.45) is 0 Å². The van der Waals surface area contributed by atoms with Gasteiger partial charge in [0.25, 0.3) is 0 Å². The Morgan fingerprint density at radius 3 is 2.81 bits per heavy atom. The Morgan fingerprint density at radius 2 is 2.14 bits per heavy atom. The number of nitrogens with zero attached hydrogens (tertiary/aromatic N) is 3. The first kappa shape index (κ1) is 16.5. The average Bonchev–Trinajstić information content (AvgIpc) is 3.14. The Bertz CT molecular complexity index is 535. The van der Waals surface area contributed by atoms with Gasteiger partial charge in [0.1, 0.15) is 4.90 Å². The van der Waals surface area contributed by atoms with E-state index in [2.05, 4.69) is 17.3 Å². The van der Waals surface area contributed by atoms with Crippen molar-refractivity contribution in [3.63, 3.8) is 0 Å². The number of aromatic nitrogens is 2. The van der Waals surface area contributed by atoms with Crippen molar-refractivity contribution in [3.8, 4) is 0 Å². The lowest BCUT2D eigenvalue weighted by molar-refractivity contribution is 0.373. The normalized spacial score (nSPS) is 16.9. The predicted octanol–water partition coefficient (Wildman–Crippen LogP) is 1.45. The zero-order valence-corrected chi connectivity index (χ0v) is 13.8. The molecule has 1 aliphatic rings. The van der Waals surface area contributed by atoms with Gasteiger partial charge in [0.2, 0.25) is 10.0 Å². The van der Waals surface area contributed by atoms with Gasteiger partial charge in [0.15, 0.2) is 0 Å². The molecule has 0 aliphatic heterocycles. The number of hydrogen-bond donors (Lipinski definition) is 1. The van der Waals surface area contributed by atoms with E-state index < -0.39 is 10.0 Å². The fraction of sp³-hybridized carbons (Fsp3) is 0.786. The van der Waals surface area contributed by atoms with Crippen LogP contribution in [0.2, 0.25) is 0 Å². The largest absolute Gasteiger partial charge is 0.317 e. The number of hydrogen-bond acceptors (Lipinski definition) is 4. The quantitative estimate of drug-likeness (QED) is 0.738. The summed E-state index contributed by atoms with van der Waals surface area (Å²) in [6.45, 7) is 4.67. The van der Waals surface area contributed by atoms with Gasteiger partial charge in [-0.15, -0.1) is 0 Å². The molecule has 0 amide bonds. The molecule has 1 fully saturated rings. The van der Waals surface area contributed by atoms with Crippen LogP contribution in [0.4, 0.5) is 0 Å². The summed E-state index contributed by atoms with van der Waals surface area (Å²) >= 11 is 0. The van der Waals surface area contributed by atoms with Crippen LogP contribution in [0, 0.1) is 0 Å². The van der Waals surface area contributed by atoms with E-state index in [0.717, 1.165) is 51.7 Å². The molecule has 1 aromatic heterocycles. The van der Waals surface area contributed by atoms with Crippen molar-refractivity contribution < 1.29 is 8.42 Å². The molecule has 0 saturated heterocycles. The smallest absolute Gasteiger partial charge is 0.246 e. The predicted molar refractivity (Wildman–Crippen MR) is 82.6 cm³/mol. The standard InChI is InChI=1S/C14H26N4O2S/c1-3-15-9-6-10-18-12-14(11-16-18)21(19,20)17(2)13-7-4-5-8-13/h11-13,15H,3-10H2,1-2H3. The minimum absolute atomic E-state index is 0.145. The lowest BCUT2D eigenvalue weighted by Gasteiger charge is -2.22. The van der Waals surface area contributed by atoms with E-state index in [-0.39, 0.29) is 6.04 Å². The monoisotopic (exact) mass is 314 g/mol. The van der Waals surface area contributed by atoms with Crippen LogP contribution >= 0.6 is 0 Å². The molecule has 0 atom stereocenters. The van der Waals surface area contributed by atoms with Crippen LogP contribution in [0.5, 0.6) is 0 Å². The number of nitrogens with one attached hydrogen (secondary N) is 1. The molecule has 1 aliphatic carbocycles. The Morgan fingerprint density at radius 1 is 1.43 bits per heavy atom. The summed E-state index contributed by atoms with van der Waals surface area (Å²) in [5.74, 6) is 0. The zero-order valence-electron chi connectivity index (χ0n) is 13.0. The Kier molecular flexibility index (Phi) is 5.78. The molecule has 120 valence electrons. The molecule has 6 nitrogen and oxygen atoms in total. The Labute approximate surface area is 127 Å². The molecule has 0 radical (unpaired) electrons. The maximum atomic E-state index is 12.6.